The zero-order valence-electron chi connectivity index (χ0n) is 12.2. The second-order valence-electron chi connectivity index (χ2n) is 4.94. The smallest absolute Gasteiger partial charge is 0.342 e. The predicted molar refractivity (Wildman–Crippen MR) is 83.3 cm³/mol. The molecule has 0 radical (unpaired) electrons. The molecule has 0 bridgehead atoms. The van der Waals surface area contributed by atoms with Gasteiger partial charge in [0.05, 0.1) is 6.04 Å². The molecule has 7 heteroatoms. The van der Waals surface area contributed by atoms with Crippen molar-refractivity contribution in [1.82, 2.24) is 15.3 Å². The Labute approximate surface area is 132 Å². The summed E-state index contributed by atoms with van der Waals surface area (Å²) in [6.07, 6.45) is 1.07. The Kier molecular flexibility index (Phi) is 4.95. The number of halogens is 1. The van der Waals surface area contributed by atoms with E-state index in [-0.39, 0.29) is 11.6 Å². The van der Waals surface area contributed by atoms with E-state index in [1.165, 1.54) is 0 Å². The van der Waals surface area contributed by atoms with E-state index in [0.29, 0.717) is 17.4 Å². The summed E-state index contributed by atoms with van der Waals surface area (Å²) < 4.78 is 0. The molecule has 0 saturated carbocycles. The number of carboxylic acids is 1. The number of aromatic nitrogens is 2. The summed E-state index contributed by atoms with van der Waals surface area (Å²) in [7, 11) is 0. The highest BCUT2D eigenvalue weighted by Crippen LogP contribution is 2.19. The number of carbonyl (C=O) groups is 1. The molecule has 0 amide bonds. The molecule has 1 aromatic heterocycles. The monoisotopic (exact) mass is 321 g/mol. The van der Waals surface area contributed by atoms with Gasteiger partial charge < -0.3 is 15.4 Å². The maximum Gasteiger partial charge on any atom is 0.342 e. The molecular weight excluding hydrogens is 306 g/mol. The van der Waals surface area contributed by atoms with Gasteiger partial charge in [0.2, 0.25) is 0 Å². The lowest BCUT2D eigenvalue weighted by atomic mass is 10.1. The first-order valence-electron chi connectivity index (χ1n) is 6.70. The molecule has 0 aliphatic carbocycles. The first-order chi connectivity index (χ1) is 10.4. The van der Waals surface area contributed by atoms with E-state index in [1.807, 2.05) is 32.0 Å². The molecule has 0 aliphatic heterocycles. The van der Waals surface area contributed by atoms with Gasteiger partial charge in [-0.15, -0.1) is 0 Å². The van der Waals surface area contributed by atoms with Crippen LogP contribution in [0.4, 0.5) is 0 Å². The van der Waals surface area contributed by atoms with Gasteiger partial charge in [0.1, 0.15) is 11.4 Å². The summed E-state index contributed by atoms with van der Waals surface area (Å²) in [6.45, 7) is 4.32. The van der Waals surface area contributed by atoms with Crippen molar-refractivity contribution in [3.8, 4) is 0 Å². The van der Waals surface area contributed by atoms with Crippen molar-refractivity contribution < 1.29 is 9.90 Å². The van der Waals surface area contributed by atoms with Crippen molar-refractivity contribution in [2.75, 3.05) is 0 Å². The van der Waals surface area contributed by atoms with Crippen LogP contribution < -0.4 is 10.9 Å². The lowest BCUT2D eigenvalue weighted by Gasteiger charge is -2.14. The minimum atomic E-state index is -1.30. The minimum Gasteiger partial charge on any atom is -0.477 e. The number of rotatable bonds is 5. The van der Waals surface area contributed by atoms with Gasteiger partial charge >= 0.3 is 5.97 Å². The molecule has 0 spiro atoms. The van der Waals surface area contributed by atoms with Crippen molar-refractivity contribution in [1.29, 1.82) is 0 Å². The number of nitrogens with one attached hydrogen (secondary N) is 2. The average Bonchev–Trinajstić information content (AvgIpc) is 2.48. The van der Waals surface area contributed by atoms with E-state index in [2.05, 4.69) is 15.3 Å². The largest absolute Gasteiger partial charge is 0.477 e. The first-order valence-corrected chi connectivity index (χ1v) is 7.08. The third kappa shape index (κ3) is 3.52. The van der Waals surface area contributed by atoms with E-state index < -0.39 is 11.5 Å². The fraction of sp³-hybridized carbons (Fsp3) is 0.267. The number of aromatic carboxylic acids is 1. The average molecular weight is 322 g/mol. The molecule has 2 rings (SSSR count). The van der Waals surface area contributed by atoms with Crippen molar-refractivity contribution in [3.63, 3.8) is 0 Å². The second kappa shape index (κ2) is 6.72. The van der Waals surface area contributed by atoms with Crippen LogP contribution in [0.3, 0.4) is 0 Å². The van der Waals surface area contributed by atoms with E-state index in [1.54, 1.807) is 0 Å². The summed E-state index contributed by atoms with van der Waals surface area (Å²) in [6, 6.07) is 5.42. The topological polar surface area (TPSA) is 95.1 Å². The molecule has 22 heavy (non-hydrogen) atoms. The molecule has 1 unspecified atom stereocenters. The first kappa shape index (κ1) is 16.2. The Morgan fingerprint density at radius 3 is 2.86 bits per heavy atom. The molecule has 2 aromatic rings. The number of carboxylic acid groups (broad SMARTS) is 1. The van der Waals surface area contributed by atoms with Crippen LogP contribution in [0.15, 0.2) is 29.2 Å². The third-order valence-electron chi connectivity index (χ3n) is 3.44. The number of H-pyrrole nitrogens is 1. The number of nitrogens with zero attached hydrogens (tertiary/aromatic N) is 1. The van der Waals surface area contributed by atoms with Crippen LogP contribution in [-0.2, 0) is 6.54 Å². The van der Waals surface area contributed by atoms with Gasteiger partial charge in [0.25, 0.3) is 5.56 Å². The van der Waals surface area contributed by atoms with E-state index >= 15 is 0 Å². The molecular formula is C15H16ClN3O3. The van der Waals surface area contributed by atoms with Crippen LogP contribution in [0.25, 0.3) is 0 Å². The minimum absolute atomic E-state index is 0.242. The summed E-state index contributed by atoms with van der Waals surface area (Å²) in [5.74, 6) is -0.912. The van der Waals surface area contributed by atoms with E-state index in [0.717, 1.165) is 17.3 Å². The predicted octanol–water partition coefficient (Wildman–Crippen LogP) is 2.28. The summed E-state index contributed by atoms with van der Waals surface area (Å²) in [4.78, 5) is 28.9. The van der Waals surface area contributed by atoms with Crippen LogP contribution in [0, 0.1) is 6.92 Å². The summed E-state index contributed by atoms with van der Waals surface area (Å²) >= 11 is 6.07. The number of benzene rings is 1. The lowest BCUT2D eigenvalue weighted by molar-refractivity contribution is 0.0694. The zero-order valence-corrected chi connectivity index (χ0v) is 12.9. The van der Waals surface area contributed by atoms with Crippen molar-refractivity contribution in [2.45, 2.75) is 26.4 Å². The van der Waals surface area contributed by atoms with Crippen molar-refractivity contribution in [2.24, 2.45) is 0 Å². The van der Waals surface area contributed by atoms with E-state index in [4.69, 9.17) is 16.7 Å². The van der Waals surface area contributed by atoms with Crippen LogP contribution in [0.1, 0.15) is 40.3 Å². The highest BCUT2D eigenvalue weighted by molar-refractivity contribution is 6.31. The standard InChI is InChI=1S/C15H16ClN3O3/c1-8-10(4-3-5-12(8)16)6-17-9(2)13-18-7-11(15(21)22)14(20)19-13/h3-5,7,9,17H,6H2,1-2H3,(H,21,22)(H,18,19,20). The van der Waals surface area contributed by atoms with Gasteiger partial charge in [-0.05, 0) is 31.0 Å². The van der Waals surface area contributed by atoms with Gasteiger partial charge in [-0.2, -0.15) is 0 Å². The van der Waals surface area contributed by atoms with Crippen molar-refractivity contribution >= 4 is 17.6 Å². The van der Waals surface area contributed by atoms with Gasteiger partial charge in [-0.25, -0.2) is 9.78 Å². The fourth-order valence-corrected chi connectivity index (χ4v) is 2.18. The molecule has 3 N–H and O–H groups in total. The van der Waals surface area contributed by atoms with Gasteiger partial charge in [-0.1, -0.05) is 23.7 Å². The maximum absolute atomic E-state index is 11.6. The Bertz CT molecular complexity index is 758. The molecule has 0 aliphatic rings. The second-order valence-corrected chi connectivity index (χ2v) is 5.35. The highest BCUT2D eigenvalue weighted by atomic mass is 35.5. The van der Waals surface area contributed by atoms with Gasteiger partial charge in [-0.3, -0.25) is 4.79 Å². The molecule has 1 atom stereocenters. The molecule has 0 fully saturated rings. The highest BCUT2D eigenvalue weighted by Gasteiger charge is 2.13. The Morgan fingerprint density at radius 2 is 2.23 bits per heavy atom. The summed E-state index contributed by atoms with van der Waals surface area (Å²) in [5, 5.41) is 12.7. The third-order valence-corrected chi connectivity index (χ3v) is 3.85. The van der Waals surface area contributed by atoms with Crippen LogP contribution in [0.2, 0.25) is 5.02 Å². The van der Waals surface area contributed by atoms with Gasteiger partial charge in [0.15, 0.2) is 0 Å². The lowest BCUT2D eigenvalue weighted by Crippen LogP contribution is -2.26. The zero-order chi connectivity index (χ0) is 16.3. The summed E-state index contributed by atoms with van der Waals surface area (Å²) in [5.41, 5.74) is 1.00. The van der Waals surface area contributed by atoms with Gasteiger partial charge in [0, 0.05) is 17.8 Å². The van der Waals surface area contributed by atoms with Crippen LogP contribution >= 0.6 is 11.6 Å². The quantitative estimate of drug-likeness (QED) is 0.785. The Morgan fingerprint density at radius 1 is 1.50 bits per heavy atom. The SMILES string of the molecule is Cc1c(Cl)cccc1CNC(C)c1ncc(C(=O)O)c(=O)[nH]1. The molecule has 1 heterocycles. The number of hydrogen-bond donors (Lipinski definition) is 3. The van der Waals surface area contributed by atoms with Crippen LogP contribution in [-0.4, -0.2) is 21.0 Å². The van der Waals surface area contributed by atoms with E-state index in [9.17, 15) is 9.59 Å². The molecule has 1 aromatic carbocycles. The molecule has 6 nitrogen and oxygen atoms in total. The maximum atomic E-state index is 11.6. The Hall–Kier alpha value is -2.18. The fourth-order valence-electron chi connectivity index (χ4n) is 1.98. The number of hydrogen-bond acceptors (Lipinski definition) is 4. The number of aromatic amines is 1. The molecule has 116 valence electrons. The van der Waals surface area contributed by atoms with Crippen LogP contribution in [0.5, 0.6) is 0 Å². The molecule has 0 saturated heterocycles. The Balaban J connectivity index is 2.11. The normalized spacial score (nSPS) is 12.1. The van der Waals surface area contributed by atoms with Crippen molar-refractivity contribution in [3.05, 3.63) is 62.3 Å².